The molecular weight excluding hydrogens is 112 g/mol. The second kappa shape index (κ2) is 2.27. The van der Waals surface area contributed by atoms with E-state index in [1.807, 2.05) is 0 Å². The van der Waals surface area contributed by atoms with Crippen molar-refractivity contribution in [3.8, 4) is 0 Å². The van der Waals surface area contributed by atoms with Crippen LogP contribution in [-0.4, -0.2) is 42.6 Å². The molecule has 0 radical (unpaired) electrons. The molecule has 2 heteroatoms. The minimum atomic E-state index is 1.25. The Balaban J connectivity index is 1.70. The monoisotopic (exact) mass is 126 g/mol. The fraction of sp³-hybridized carbons (Fsp3) is 1.00. The van der Waals surface area contributed by atoms with Gasteiger partial charge < -0.3 is 0 Å². The van der Waals surface area contributed by atoms with Crippen molar-refractivity contribution in [1.29, 1.82) is 0 Å². The molecule has 0 saturated carbocycles. The maximum absolute atomic E-state index is 2.55. The van der Waals surface area contributed by atoms with Gasteiger partial charge in [-0.05, 0) is 25.9 Å². The third kappa shape index (κ3) is 1.43. The van der Waals surface area contributed by atoms with Gasteiger partial charge in [0.05, 0.1) is 6.67 Å². The highest BCUT2D eigenvalue weighted by Crippen LogP contribution is 2.11. The summed E-state index contributed by atoms with van der Waals surface area (Å²) in [6, 6.07) is 0. The van der Waals surface area contributed by atoms with Gasteiger partial charge in [-0.3, -0.25) is 9.80 Å². The van der Waals surface area contributed by atoms with Crippen LogP contribution in [0.2, 0.25) is 0 Å². The zero-order valence-electron chi connectivity index (χ0n) is 5.84. The fourth-order valence-corrected chi connectivity index (χ4v) is 1.42. The Kier molecular flexibility index (Phi) is 1.44. The lowest BCUT2D eigenvalue weighted by Gasteiger charge is -2.13. The van der Waals surface area contributed by atoms with Crippen molar-refractivity contribution in [2.24, 2.45) is 0 Å². The predicted octanol–water partition coefficient (Wildman–Crippen LogP) is 0.355. The first-order chi connectivity index (χ1) is 4.45. The van der Waals surface area contributed by atoms with Crippen molar-refractivity contribution < 1.29 is 0 Å². The highest BCUT2D eigenvalue weighted by Gasteiger charge is 2.21. The van der Waals surface area contributed by atoms with E-state index in [0.717, 1.165) is 0 Å². The van der Waals surface area contributed by atoms with E-state index in [-0.39, 0.29) is 0 Å². The molecule has 0 aliphatic carbocycles. The molecule has 2 aliphatic rings. The van der Waals surface area contributed by atoms with Crippen molar-refractivity contribution >= 4 is 0 Å². The summed E-state index contributed by atoms with van der Waals surface area (Å²) in [6.45, 7) is 6.62. The Labute approximate surface area is 56.4 Å². The van der Waals surface area contributed by atoms with Crippen LogP contribution in [-0.2, 0) is 0 Å². The largest absolute Gasteiger partial charge is 0.290 e. The van der Waals surface area contributed by atoms with Crippen LogP contribution in [0.1, 0.15) is 12.8 Å². The topological polar surface area (TPSA) is 6.25 Å². The fourth-order valence-electron chi connectivity index (χ4n) is 1.42. The Morgan fingerprint density at radius 2 is 1.33 bits per heavy atom. The Bertz CT molecular complexity index is 93.1. The molecule has 2 fully saturated rings. The lowest BCUT2D eigenvalue weighted by atomic mass is 10.4. The molecule has 0 unspecified atom stereocenters. The van der Waals surface area contributed by atoms with Crippen LogP contribution in [0.4, 0.5) is 0 Å². The second-order valence-corrected chi connectivity index (χ2v) is 3.08. The first-order valence-electron chi connectivity index (χ1n) is 3.90. The Morgan fingerprint density at radius 1 is 0.778 bits per heavy atom. The highest BCUT2D eigenvalue weighted by molar-refractivity contribution is 4.74. The van der Waals surface area contributed by atoms with Gasteiger partial charge in [0.25, 0.3) is 0 Å². The summed E-state index contributed by atoms with van der Waals surface area (Å²) in [4.78, 5) is 5.03. The number of nitrogens with zero attached hydrogens (tertiary/aromatic N) is 2. The molecule has 9 heavy (non-hydrogen) atoms. The summed E-state index contributed by atoms with van der Waals surface area (Å²) in [5, 5.41) is 0. The van der Waals surface area contributed by atoms with Gasteiger partial charge in [0.15, 0.2) is 0 Å². The summed E-state index contributed by atoms with van der Waals surface area (Å²) in [6.07, 6.45) is 2.85. The molecule has 0 aromatic rings. The molecule has 0 aromatic carbocycles. The van der Waals surface area contributed by atoms with Crippen LogP contribution in [0.15, 0.2) is 0 Å². The van der Waals surface area contributed by atoms with Crippen LogP contribution >= 0.6 is 0 Å². The number of hydrogen-bond donors (Lipinski definition) is 0. The summed E-state index contributed by atoms with van der Waals surface area (Å²) < 4.78 is 0. The lowest BCUT2D eigenvalue weighted by Crippen LogP contribution is -2.25. The van der Waals surface area contributed by atoms with Gasteiger partial charge in [0.2, 0.25) is 0 Å². The van der Waals surface area contributed by atoms with Gasteiger partial charge >= 0.3 is 0 Å². The average molecular weight is 126 g/mol. The van der Waals surface area contributed by atoms with Gasteiger partial charge in [0.1, 0.15) is 0 Å². The van der Waals surface area contributed by atoms with Crippen LogP contribution in [0.5, 0.6) is 0 Å². The third-order valence-electron chi connectivity index (χ3n) is 2.14. The Morgan fingerprint density at radius 3 is 1.89 bits per heavy atom. The van der Waals surface area contributed by atoms with E-state index in [1.165, 1.54) is 45.7 Å². The van der Waals surface area contributed by atoms with E-state index in [9.17, 15) is 0 Å². The SMILES string of the molecule is C1CCN(CN2CC2)C1. The standard InChI is InChI=1S/C7H14N2/c1-2-4-8(3-1)7-9-5-6-9/h1-7H2. The third-order valence-corrected chi connectivity index (χ3v) is 2.14. The van der Waals surface area contributed by atoms with Crippen LogP contribution in [0.25, 0.3) is 0 Å². The van der Waals surface area contributed by atoms with Crippen molar-refractivity contribution in [1.82, 2.24) is 9.80 Å². The molecule has 0 spiro atoms. The molecule has 2 aliphatic heterocycles. The van der Waals surface area contributed by atoms with Gasteiger partial charge in [-0.25, -0.2) is 0 Å². The van der Waals surface area contributed by atoms with Crippen molar-refractivity contribution in [2.75, 3.05) is 32.8 Å². The van der Waals surface area contributed by atoms with Gasteiger partial charge in [0, 0.05) is 13.1 Å². The van der Waals surface area contributed by atoms with Crippen LogP contribution < -0.4 is 0 Å². The van der Waals surface area contributed by atoms with Crippen molar-refractivity contribution in [3.63, 3.8) is 0 Å². The first kappa shape index (κ1) is 5.69. The van der Waals surface area contributed by atoms with E-state index in [0.29, 0.717) is 0 Å². The van der Waals surface area contributed by atoms with E-state index < -0.39 is 0 Å². The normalized spacial score (nSPS) is 29.3. The van der Waals surface area contributed by atoms with E-state index >= 15 is 0 Å². The maximum atomic E-state index is 2.55. The van der Waals surface area contributed by atoms with Crippen molar-refractivity contribution in [3.05, 3.63) is 0 Å². The molecule has 2 rings (SSSR count). The lowest BCUT2D eigenvalue weighted by molar-refractivity contribution is 0.260. The smallest absolute Gasteiger partial charge is 0.0507 e. The van der Waals surface area contributed by atoms with Crippen LogP contribution in [0.3, 0.4) is 0 Å². The van der Waals surface area contributed by atoms with Gasteiger partial charge in [-0.15, -0.1) is 0 Å². The molecule has 0 aromatic heterocycles. The zero-order valence-corrected chi connectivity index (χ0v) is 5.84. The molecule has 0 N–H and O–H groups in total. The van der Waals surface area contributed by atoms with Crippen molar-refractivity contribution in [2.45, 2.75) is 12.8 Å². The minimum Gasteiger partial charge on any atom is -0.290 e. The molecule has 2 saturated heterocycles. The summed E-state index contributed by atoms with van der Waals surface area (Å²) in [5.74, 6) is 0. The van der Waals surface area contributed by atoms with E-state index in [4.69, 9.17) is 0 Å². The molecule has 0 atom stereocenters. The molecule has 2 heterocycles. The van der Waals surface area contributed by atoms with Gasteiger partial charge in [-0.1, -0.05) is 0 Å². The summed E-state index contributed by atoms with van der Waals surface area (Å²) in [7, 11) is 0. The summed E-state index contributed by atoms with van der Waals surface area (Å²) in [5.41, 5.74) is 0. The zero-order chi connectivity index (χ0) is 6.10. The first-order valence-corrected chi connectivity index (χ1v) is 3.90. The molecule has 0 amide bonds. The molecule has 0 bridgehead atoms. The number of hydrogen-bond acceptors (Lipinski definition) is 2. The van der Waals surface area contributed by atoms with Crippen LogP contribution in [0, 0.1) is 0 Å². The minimum absolute atomic E-state index is 1.25. The molecule has 52 valence electrons. The number of likely N-dealkylation sites (tertiary alicyclic amines) is 1. The highest BCUT2D eigenvalue weighted by atomic mass is 15.4. The predicted molar refractivity (Wildman–Crippen MR) is 37.2 cm³/mol. The summed E-state index contributed by atoms with van der Waals surface area (Å²) >= 11 is 0. The van der Waals surface area contributed by atoms with Gasteiger partial charge in [-0.2, -0.15) is 0 Å². The Hall–Kier alpha value is -0.0800. The molecule has 2 nitrogen and oxygen atoms in total. The molecular formula is C7H14N2. The van der Waals surface area contributed by atoms with E-state index in [1.54, 1.807) is 0 Å². The number of rotatable bonds is 2. The average Bonchev–Trinajstić information content (AvgIpc) is 2.46. The second-order valence-electron chi connectivity index (χ2n) is 3.08. The maximum Gasteiger partial charge on any atom is 0.0507 e. The van der Waals surface area contributed by atoms with E-state index in [2.05, 4.69) is 9.80 Å². The quantitative estimate of drug-likeness (QED) is 0.493.